The molecule has 1 aromatic heterocycles. The molecule has 2 aromatic rings. The molecule has 0 saturated carbocycles. The van der Waals surface area contributed by atoms with Crippen LogP contribution in [0.4, 0.5) is 0 Å². The van der Waals surface area contributed by atoms with E-state index in [1.807, 2.05) is 6.92 Å². The number of aromatic nitrogens is 2. The average molecular weight is 274 g/mol. The van der Waals surface area contributed by atoms with Crippen molar-refractivity contribution in [2.75, 3.05) is 0 Å². The van der Waals surface area contributed by atoms with Gasteiger partial charge in [-0.15, -0.1) is 0 Å². The lowest BCUT2D eigenvalue weighted by atomic mass is 10.1. The maximum Gasteiger partial charge on any atom is 0.336 e. The monoisotopic (exact) mass is 274 g/mol. The molecule has 0 amide bonds. The molecule has 2 rings (SSSR count). The van der Waals surface area contributed by atoms with Gasteiger partial charge in [0, 0.05) is 24.5 Å². The number of hydrogen-bond donors (Lipinski definition) is 1. The summed E-state index contributed by atoms with van der Waals surface area (Å²) >= 11 is 0. The van der Waals surface area contributed by atoms with Crippen molar-refractivity contribution >= 4 is 5.97 Å². The van der Waals surface area contributed by atoms with Crippen LogP contribution in [0.3, 0.4) is 0 Å². The molecule has 0 aliphatic heterocycles. The first-order chi connectivity index (χ1) is 9.54. The average Bonchev–Trinajstić information content (AvgIpc) is 2.43. The standard InChI is InChI=1S/C14H14N2O4/c1-3-16-8-7-15-12(13(16)17)20-11-6-4-5-10(9(11)2)14(18)19/h4-8H,3H2,1-2H3,(H,18,19). The quantitative estimate of drug-likeness (QED) is 0.922. The van der Waals surface area contributed by atoms with Crippen molar-refractivity contribution in [1.82, 2.24) is 9.55 Å². The second-order valence-electron chi connectivity index (χ2n) is 4.16. The SMILES string of the molecule is CCn1ccnc(Oc2cccc(C(=O)O)c2C)c1=O. The first-order valence-corrected chi connectivity index (χ1v) is 6.10. The Morgan fingerprint density at radius 3 is 2.85 bits per heavy atom. The zero-order valence-electron chi connectivity index (χ0n) is 11.2. The molecule has 20 heavy (non-hydrogen) atoms. The number of carboxylic acids is 1. The van der Waals surface area contributed by atoms with Gasteiger partial charge in [-0.3, -0.25) is 4.79 Å². The molecule has 0 bridgehead atoms. The molecule has 1 N–H and O–H groups in total. The Labute approximate surface area is 115 Å². The first kappa shape index (κ1) is 13.8. The lowest BCUT2D eigenvalue weighted by molar-refractivity contribution is 0.0695. The summed E-state index contributed by atoms with van der Waals surface area (Å²) in [5, 5.41) is 9.06. The number of carbonyl (C=O) groups is 1. The van der Waals surface area contributed by atoms with Crippen LogP contribution in [0.2, 0.25) is 0 Å². The van der Waals surface area contributed by atoms with E-state index in [1.54, 1.807) is 25.3 Å². The van der Waals surface area contributed by atoms with Crippen molar-refractivity contribution in [1.29, 1.82) is 0 Å². The van der Waals surface area contributed by atoms with Gasteiger partial charge < -0.3 is 14.4 Å². The number of carboxylic acid groups (broad SMARTS) is 1. The second kappa shape index (κ2) is 5.56. The van der Waals surface area contributed by atoms with Crippen LogP contribution in [-0.2, 0) is 6.54 Å². The van der Waals surface area contributed by atoms with E-state index in [-0.39, 0.29) is 17.0 Å². The van der Waals surface area contributed by atoms with Crippen LogP contribution >= 0.6 is 0 Å². The number of aromatic carboxylic acids is 1. The Bertz CT molecular complexity index is 707. The van der Waals surface area contributed by atoms with Crippen LogP contribution in [0.5, 0.6) is 11.6 Å². The van der Waals surface area contributed by atoms with Gasteiger partial charge in [-0.25, -0.2) is 9.78 Å². The summed E-state index contributed by atoms with van der Waals surface area (Å²) in [7, 11) is 0. The molecule has 0 unspecified atom stereocenters. The number of rotatable bonds is 4. The molecule has 0 saturated heterocycles. The molecule has 6 heteroatoms. The molecular weight excluding hydrogens is 260 g/mol. The van der Waals surface area contributed by atoms with Crippen molar-refractivity contribution in [3.63, 3.8) is 0 Å². The maximum absolute atomic E-state index is 12.0. The van der Waals surface area contributed by atoms with Gasteiger partial charge in [-0.2, -0.15) is 0 Å². The summed E-state index contributed by atoms with van der Waals surface area (Å²) in [5.41, 5.74) is 0.234. The Morgan fingerprint density at radius 2 is 2.20 bits per heavy atom. The van der Waals surface area contributed by atoms with Crippen LogP contribution in [-0.4, -0.2) is 20.6 Å². The molecule has 0 aliphatic rings. The van der Waals surface area contributed by atoms with E-state index in [1.165, 1.54) is 16.8 Å². The fourth-order valence-corrected chi connectivity index (χ4v) is 1.81. The third-order valence-corrected chi connectivity index (χ3v) is 2.94. The van der Waals surface area contributed by atoms with Gasteiger partial charge >= 0.3 is 11.5 Å². The molecule has 0 radical (unpaired) electrons. The molecular formula is C14H14N2O4. The van der Waals surface area contributed by atoms with E-state index in [2.05, 4.69) is 4.98 Å². The van der Waals surface area contributed by atoms with Crippen LogP contribution in [0.1, 0.15) is 22.8 Å². The predicted molar refractivity (Wildman–Crippen MR) is 72.4 cm³/mol. The molecule has 104 valence electrons. The van der Waals surface area contributed by atoms with E-state index in [9.17, 15) is 9.59 Å². The highest BCUT2D eigenvalue weighted by atomic mass is 16.5. The highest BCUT2D eigenvalue weighted by Crippen LogP contribution is 2.24. The van der Waals surface area contributed by atoms with E-state index in [4.69, 9.17) is 9.84 Å². The lowest BCUT2D eigenvalue weighted by Gasteiger charge is -2.10. The third kappa shape index (κ3) is 2.54. The Kier molecular flexibility index (Phi) is 3.84. The van der Waals surface area contributed by atoms with Gasteiger partial charge in [-0.1, -0.05) is 6.07 Å². The van der Waals surface area contributed by atoms with Crippen molar-refractivity contribution in [2.24, 2.45) is 0 Å². The Hall–Kier alpha value is -2.63. The van der Waals surface area contributed by atoms with Crippen LogP contribution in [0.15, 0.2) is 35.4 Å². The summed E-state index contributed by atoms with van der Waals surface area (Å²) in [6.45, 7) is 3.97. The minimum Gasteiger partial charge on any atom is -0.478 e. The third-order valence-electron chi connectivity index (χ3n) is 2.94. The summed E-state index contributed by atoms with van der Waals surface area (Å²) in [5.74, 6) is -0.803. The molecule has 0 atom stereocenters. The smallest absolute Gasteiger partial charge is 0.336 e. The summed E-state index contributed by atoms with van der Waals surface area (Å²) in [6.07, 6.45) is 3.03. The molecule has 0 aliphatic carbocycles. The van der Waals surface area contributed by atoms with E-state index < -0.39 is 5.97 Å². The zero-order valence-corrected chi connectivity index (χ0v) is 11.2. The van der Waals surface area contributed by atoms with E-state index in [0.717, 1.165) is 0 Å². The topological polar surface area (TPSA) is 81.4 Å². The highest BCUT2D eigenvalue weighted by molar-refractivity contribution is 5.90. The van der Waals surface area contributed by atoms with E-state index >= 15 is 0 Å². The van der Waals surface area contributed by atoms with Crippen molar-refractivity contribution in [3.05, 3.63) is 52.1 Å². The zero-order chi connectivity index (χ0) is 14.7. The Morgan fingerprint density at radius 1 is 1.45 bits per heavy atom. The highest BCUT2D eigenvalue weighted by Gasteiger charge is 2.13. The Balaban J connectivity index is 2.43. The fourth-order valence-electron chi connectivity index (χ4n) is 1.81. The number of ether oxygens (including phenoxy) is 1. The lowest BCUT2D eigenvalue weighted by Crippen LogP contribution is -2.20. The molecule has 0 fully saturated rings. The van der Waals surface area contributed by atoms with Crippen molar-refractivity contribution < 1.29 is 14.6 Å². The summed E-state index contributed by atoms with van der Waals surface area (Å²) in [6, 6.07) is 4.65. The van der Waals surface area contributed by atoms with Gasteiger partial charge in [0.2, 0.25) is 0 Å². The summed E-state index contributed by atoms with van der Waals surface area (Å²) < 4.78 is 6.92. The predicted octanol–water partition coefficient (Wildman–Crippen LogP) is 2.06. The molecule has 1 aromatic carbocycles. The number of hydrogen-bond acceptors (Lipinski definition) is 4. The molecule has 6 nitrogen and oxygen atoms in total. The largest absolute Gasteiger partial charge is 0.478 e. The summed E-state index contributed by atoms with van der Waals surface area (Å²) in [4.78, 5) is 26.9. The minimum absolute atomic E-state index is 0.0695. The van der Waals surface area contributed by atoms with Crippen LogP contribution in [0, 0.1) is 6.92 Å². The van der Waals surface area contributed by atoms with Gasteiger partial charge in [0.25, 0.3) is 5.88 Å². The van der Waals surface area contributed by atoms with Crippen molar-refractivity contribution in [3.8, 4) is 11.6 Å². The van der Waals surface area contributed by atoms with Gasteiger partial charge in [0.15, 0.2) is 0 Å². The normalized spacial score (nSPS) is 10.3. The van der Waals surface area contributed by atoms with Gasteiger partial charge in [0.1, 0.15) is 5.75 Å². The number of benzene rings is 1. The van der Waals surface area contributed by atoms with Gasteiger partial charge in [0.05, 0.1) is 5.56 Å². The van der Waals surface area contributed by atoms with E-state index in [0.29, 0.717) is 17.9 Å². The molecule has 0 spiro atoms. The first-order valence-electron chi connectivity index (χ1n) is 6.10. The van der Waals surface area contributed by atoms with Crippen LogP contribution < -0.4 is 10.3 Å². The maximum atomic E-state index is 12.0. The second-order valence-corrected chi connectivity index (χ2v) is 4.16. The minimum atomic E-state index is -1.04. The van der Waals surface area contributed by atoms with Crippen molar-refractivity contribution in [2.45, 2.75) is 20.4 Å². The van der Waals surface area contributed by atoms with Crippen LogP contribution in [0.25, 0.3) is 0 Å². The number of nitrogens with zero attached hydrogens (tertiary/aromatic N) is 2. The van der Waals surface area contributed by atoms with Gasteiger partial charge in [-0.05, 0) is 26.0 Å². The number of aryl methyl sites for hydroxylation is 1. The fraction of sp³-hybridized carbons (Fsp3) is 0.214. The molecule has 1 heterocycles.